The number of hydrogen-bond donors (Lipinski definition) is 4. The fourth-order valence-electron chi connectivity index (χ4n) is 6.30. The predicted molar refractivity (Wildman–Crippen MR) is 222 cm³/mol. The minimum absolute atomic E-state index is 0.0235. The van der Waals surface area contributed by atoms with Gasteiger partial charge in [-0.2, -0.15) is 0 Å². The van der Waals surface area contributed by atoms with Gasteiger partial charge in [-0.15, -0.1) is 10.2 Å². The van der Waals surface area contributed by atoms with E-state index in [1.807, 2.05) is 48.5 Å². The van der Waals surface area contributed by atoms with Gasteiger partial charge in [-0.1, -0.05) is 24.3 Å². The number of fused-ring (bicyclic) bond motifs is 2. The van der Waals surface area contributed by atoms with Crippen LogP contribution in [0.15, 0.2) is 114 Å². The standard InChI is InChI=1S/C44H40N8O7/c1-25(45-39(53)23-31-21-37(57-3)33-9-5-7-11-35(33)47-31)41(55)49-29-17-13-27(14-18-29)43-51-52-44(59-43)28-15-19-30(20-16-28)50-42(56)26(2)46-40(54)24-32-22-38(58-4)34-10-6-8-12-36(34)48-32/h5-22,25-26H,23-24H2,1-4H3,(H,45,53)(H,46,54)(H,49,55)(H,50,56)/t25-,26-/m0/s1. The molecule has 0 fully saturated rings. The maximum Gasteiger partial charge on any atom is 0.248 e. The first-order chi connectivity index (χ1) is 28.6. The lowest BCUT2D eigenvalue weighted by atomic mass is 10.1. The highest BCUT2D eigenvalue weighted by Gasteiger charge is 2.20. The van der Waals surface area contributed by atoms with Crippen LogP contribution in [-0.2, 0) is 32.0 Å². The number of benzene rings is 4. The molecule has 3 heterocycles. The van der Waals surface area contributed by atoms with Crippen LogP contribution in [0, 0.1) is 0 Å². The van der Waals surface area contributed by atoms with Gasteiger partial charge in [0.05, 0.1) is 49.5 Å². The Morgan fingerprint density at radius 2 is 0.966 bits per heavy atom. The summed E-state index contributed by atoms with van der Waals surface area (Å²) in [5.74, 6) is 0.244. The Morgan fingerprint density at radius 3 is 1.36 bits per heavy atom. The van der Waals surface area contributed by atoms with Gasteiger partial charge in [0.1, 0.15) is 23.6 Å². The van der Waals surface area contributed by atoms with Crippen LogP contribution in [0.2, 0.25) is 0 Å². The van der Waals surface area contributed by atoms with E-state index in [1.54, 1.807) is 88.7 Å². The number of pyridine rings is 2. The number of nitrogens with one attached hydrogen (secondary N) is 4. The SMILES string of the molecule is COc1cc(CC(=O)N[C@@H](C)C(=O)Nc2ccc(-c3nnc(-c4ccc(NC(=O)[C@H](C)NC(=O)Cc5cc(OC)c6ccccc6n5)cc4)o3)cc2)nc2ccccc12. The lowest BCUT2D eigenvalue weighted by Gasteiger charge is -2.15. The Morgan fingerprint density at radius 1 is 0.576 bits per heavy atom. The smallest absolute Gasteiger partial charge is 0.248 e. The zero-order valence-electron chi connectivity index (χ0n) is 32.6. The van der Waals surface area contributed by atoms with Crippen LogP contribution >= 0.6 is 0 Å². The van der Waals surface area contributed by atoms with Crippen LogP contribution in [0.25, 0.3) is 44.7 Å². The molecule has 0 aliphatic rings. The first kappa shape index (κ1) is 39.6. The number of carbonyl (C=O) groups is 4. The fourth-order valence-corrected chi connectivity index (χ4v) is 6.30. The van der Waals surface area contributed by atoms with Crippen molar-refractivity contribution in [1.29, 1.82) is 0 Å². The van der Waals surface area contributed by atoms with Gasteiger partial charge < -0.3 is 35.2 Å². The molecule has 7 rings (SSSR count). The van der Waals surface area contributed by atoms with E-state index in [4.69, 9.17) is 13.9 Å². The molecule has 15 nitrogen and oxygen atoms in total. The second-order valence-electron chi connectivity index (χ2n) is 13.6. The van der Waals surface area contributed by atoms with Crippen molar-refractivity contribution in [3.63, 3.8) is 0 Å². The first-order valence-corrected chi connectivity index (χ1v) is 18.7. The summed E-state index contributed by atoms with van der Waals surface area (Å²) in [5.41, 5.74) is 4.73. The van der Waals surface area contributed by atoms with E-state index < -0.39 is 23.9 Å². The summed E-state index contributed by atoms with van der Waals surface area (Å²) >= 11 is 0. The number of nitrogens with zero attached hydrogens (tertiary/aromatic N) is 4. The topological polar surface area (TPSA) is 200 Å². The predicted octanol–water partition coefficient (Wildman–Crippen LogP) is 5.89. The van der Waals surface area contributed by atoms with E-state index in [2.05, 4.69) is 41.4 Å². The summed E-state index contributed by atoms with van der Waals surface area (Å²) < 4.78 is 16.9. The molecule has 2 atom stereocenters. The Balaban J connectivity index is 0.883. The fraction of sp³-hybridized carbons (Fsp3) is 0.182. The third kappa shape index (κ3) is 9.48. The summed E-state index contributed by atoms with van der Waals surface area (Å²) in [6.07, 6.45) is -0.0470. The van der Waals surface area contributed by atoms with Gasteiger partial charge in [0.2, 0.25) is 35.4 Å². The normalized spacial score (nSPS) is 12.0. The van der Waals surface area contributed by atoms with Crippen LogP contribution < -0.4 is 30.7 Å². The summed E-state index contributed by atoms with van der Waals surface area (Å²) in [5, 5.41) is 21.1. The maximum atomic E-state index is 12.9. The molecule has 4 aromatic carbocycles. The van der Waals surface area contributed by atoms with Crippen LogP contribution in [0.5, 0.6) is 11.5 Å². The Bertz CT molecular complexity index is 2480. The molecule has 0 unspecified atom stereocenters. The molecule has 0 spiro atoms. The molecule has 15 heteroatoms. The largest absolute Gasteiger partial charge is 0.496 e. The van der Waals surface area contributed by atoms with E-state index in [0.717, 1.165) is 10.8 Å². The van der Waals surface area contributed by atoms with E-state index in [1.165, 1.54) is 0 Å². The van der Waals surface area contributed by atoms with E-state index in [9.17, 15) is 19.2 Å². The number of rotatable bonds is 14. The highest BCUT2D eigenvalue weighted by molar-refractivity contribution is 5.98. The summed E-state index contributed by atoms with van der Waals surface area (Å²) in [6, 6.07) is 30.5. The molecule has 7 aromatic rings. The van der Waals surface area contributed by atoms with Gasteiger partial charge in [-0.3, -0.25) is 29.1 Å². The zero-order chi connectivity index (χ0) is 41.5. The van der Waals surface area contributed by atoms with Crippen LogP contribution in [0.3, 0.4) is 0 Å². The monoisotopic (exact) mass is 792 g/mol. The summed E-state index contributed by atoms with van der Waals surface area (Å²) in [6.45, 7) is 3.20. The number of amides is 4. The minimum Gasteiger partial charge on any atom is -0.496 e. The van der Waals surface area contributed by atoms with Gasteiger partial charge in [0, 0.05) is 45.4 Å². The van der Waals surface area contributed by atoms with Crippen molar-refractivity contribution in [2.24, 2.45) is 0 Å². The van der Waals surface area contributed by atoms with Crippen molar-refractivity contribution in [2.45, 2.75) is 38.8 Å². The molecule has 0 saturated heterocycles. The second-order valence-corrected chi connectivity index (χ2v) is 13.6. The molecule has 59 heavy (non-hydrogen) atoms. The third-order valence-corrected chi connectivity index (χ3v) is 9.35. The van der Waals surface area contributed by atoms with Gasteiger partial charge in [-0.05, 0) is 86.6 Å². The van der Waals surface area contributed by atoms with Crippen LogP contribution in [0.4, 0.5) is 11.4 Å². The molecule has 0 radical (unpaired) electrons. The number of para-hydroxylation sites is 2. The average Bonchev–Trinajstić information content (AvgIpc) is 3.74. The molecule has 0 saturated carbocycles. The highest BCUT2D eigenvalue weighted by Crippen LogP contribution is 2.28. The summed E-state index contributed by atoms with van der Waals surface area (Å²) in [7, 11) is 3.13. The van der Waals surface area contributed by atoms with Crippen molar-refractivity contribution in [3.8, 4) is 34.4 Å². The van der Waals surface area contributed by atoms with Crippen LogP contribution in [-0.4, -0.2) is 70.1 Å². The Hall–Kier alpha value is -7.68. The maximum absolute atomic E-state index is 12.9. The zero-order valence-corrected chi connectivity index (χ0v) is 32.6. The number of carbonyl (C=O) groups excluding carboxylic acids is 4. The van der Waals surface area contributed by atoms with Gasteiger partial charge >= 0.3 is 0 Å². The Kier molecular flexibility index (Phi) is 11.8. The summed E-state index contributed by atoms with van der Waals surface area (Å²) in [4.78, 5) is 60.5. The highest BCUT2D eigenvalue weighted by atomic mass is 16.5. The van der Waals surface area contributed by atoms with E-state index >= 15 is 0 Å². The van der Waals surface area contributed by atoms with E-state index in [-0.39, 0.29) is 36.4 Å². The van der Waals surface area contributed by atoms with Gasteiger partial charge in [-0.25, -0.2) is 0 Å². The molecule has 0 aliphatic carbocycles. The molecule has 0 aliphatic heterocycles. The van der Waals surface area contributed by atoms with Crippen molar-refractivity contribution in [3.05, 3.63) is 121 Å². The average molecular weight is 793 g/mol. The molecule has 3 aromatic heterocycles. The first-order valence-electron chi connectivity index (χ1n) is 18.7. The molecule has 0 bridgehead atoms. The van der Waals surface area contributed by atoms with Crippen molar-refractivity contribution in [2.75, 3.05) is 24.9 Å². The Labute approximate surface area is 338 Å². The lowest BCUT2D eigenvalue weighted by molar-refractivity contribution is -0.125. The number of ether oxygens (including phenoxy) is 2. The number of methoxy groups -OCH3 is 2. The minimum atomic E-state index is -0.818. The molecular formula is C44H40N8O7. The quantitative estimate of drug-likeness (QED) is 0.102. The molecular weight excluding hydrogens is 753 g/mol. The molecule has 4 amide bonds. The van der Waals surface area contributed by atoms with Gasteiger partial charge in [0.25, 0.3) is 0 Å². The number of anilines is 2. The van der Waals surface area contributed by atoms with E-state index in [0.29, 0.717) is 56.4 Å². The number of aromatic nitrogens is 4. The van der Waals surface area contributed by atoms with Crippen molar-refractivity contribution in [1.82, 2.24) is 30.8 Å². The molecule has 4 N–H and O–H groups in total. The second kappa shape index (κ2) is 17.6. The number of hydrogen-bond acceptors (Lipinski definition) is 11. The van der Waals surface area contributed by atoms with Crippen LogP contribution in [0.1, 0.15) is 25.2 Å². The van der Waals surface area contributed by atoms with Crippen molar-refractivity contribution < 1.29 is 33.1 Å². The van der Waals surface area contributed by atoms with Crippen molar-refractivity contribution >= 4 is 56.8 Å². The molecule has 298 valence electrons. The lowest BCUT2D eigenvalue weighted by Crippen LogP contribution is -2.42. The van der Waals surface area contributed by atoms with Gasteiger partial charge in [0.15, 0.2) is 0 Å². The third-order valence-electron chi connectivity index (χ3n) is 9.35.